The van der Waals surface area contributed by atoms with Crippen molar-refractivity contribution in [3.8, 4) is 0 Å². The van der Waals surface area contributed by atoms with Crippen LogP contribution in [-0.4, -0.2) is 101 Å². The number of hydrogen-bond donors (Lipinski definition) is 2. The van der Waals surface area contributed by atoms with Gasteiger partial charge in [-0.15, -0.1) is 33.0 Å². The van der Waals surface area contributed by atoms with E-state index in [1.165, 1.54) is 0 Å². The van der Waals surface area contributed by atoms with Crippen molar-refractivity contribution in [2.45, 2.75) is 0 Å². The number of nitrogens with zero attached hydrogens (tertiary/aromatic N) is 4. The van der Waals surface area contributed by atoms with E-state index in [1.807, 2.05) is 0 Å². The molecule has 0 saturated heterocycles. The van der Waals surface area contributed by atoms with Crippen molar-refractivity contribution in [2.24, 2.45) is 10.6 Å². The zero-order valence-corrected chi connectivity index (χ0v) is 19.4. The van der Waals surface area contributed by atoms with E-state index in [0.717, 1.165) is 12.5 Å². The third kappa shape index (κ3) is 18.3. The van der Waals surface area contributed by atoms with Gasteiger partial charge >= 0.3 is 12.1 Å². The fourth-order valence-corrected chi connectivity index (χ4v) is 2.60. The van der Waals surface area contributed by atoms with Crippen LogP contribution in [0.25, 0.3) is 0 Å². The van der Waals surface area contributed by atoms with Crippen LogP contribution in [0.4, 0.5) is 9.59 Å². The molecule has 0 radical (unpaired) electrons. The molecule has 0 spiro atoms. The maximum atomic E-state index is 11.1. The van der Waals surface area contributed by atoms with Crippen molar-refractivity contribution in [1.82, 2.24) is 20.7 Å². The highest BCUT2D eigenvalue weighted by molar-refractivity contribution is 7.90. The van der Waals surface area contributed by atoms with Crippen molar-refractivity contribution in [3.63, 3.8) is 0 Å². The van der Waals surface area contributed by atoms with Crippen molar-refractivity contribution in [2.75, 3.05) is 62.0 Å². The lowest BCUT2D eigenvalue weighted by molar-refractivity contribution is 0.202. The lowest BCUT2D eigenvalue weighted by Crippen LogP contribution is -2.39. The van der Waals surface area contributed by atoms with Crippen LogP contribution < -0.4 is 10.6 Å². The van der Waals surface area contributed by atoms with Gasteiger partial charge in [0.25, 0.3) is 0 Å². The van der Waals surface area contributed by atoms with Crippen LogP contribution in [0.15, 0.2) is 10.6 Å². The van der Waals surface area contributed by atoms with Crippen LogP contribution in [0, 0.1) is 9.81 Å². The van der Waals surface area contributed by atoms with Crippen LogP contribution in [0.2, 0.25) is 0 Å². The third-order valence-corrected chi connectivity index (χ3v) is 4.98. The number of nitroso groups, excluding NO2 is 2. The Morgan fingerprint density at radius 3 is 1.57 bits per heavy atom. The second kappa shape index (κ2) is 16.0. The molecule has 0 rings (SSSR count). The lowest BCUT2D eigenvalue weighted by Gasteiger charge is -2.12. The van der Waals surface area contributed by atoms with Crippen LogP contribution in [0.1, 0.15) is 0 Å². The summed E-state index contributed by atoms with van der Waals surface area (Å²) >= 11 is 10.6. The topological polar surface area (TPSA) is 192 Å². The highest BCUT2D eigenvalue weighted by Crippen LogP contribution is 1.94. The number of carbonyl (C=O) groups is 2. The summed E-state index contributed by atoms with van der Waals surface area (Å²) in [5.74, 6) is -0.227. The van der Waals surface area contributed by atoms with Gasteiger partial charge in [0.1, 0.15) is 19.7 Å². The van der Waals surface area contributed by atoms with Crippen LogP contribution in [-0.2, 0) is 19.7 Å². The van der Waals surface area contributed by atoms with E-state index < -0.39 is 31.7 Å². The molecule has 2 N–H and O–H groups in total. The number of amides is 4. The summed E-state index contributed by atoms with van der Waals surface area (Å²) < 4.78 is 42.9. The first-order valence-corrected chi connectivity index (χ1v) is 13.2. The van der Waals surface area contributed by atoms with Gasteiger partial charge in [0.05, 0.1) is 35.2 Å². The van der Waals surface area contributed by atoms with Gasteiger partial charge in [-0.1, -0.05) is 0 Å². The molecule has 30 heavy (non-hydrogen) atoms. The zero-order valence-electron chi connectivity index (χ0n) is 16.3. The number of sulfone groups is 2. The minimum absolute atomic E-state index is 0.0181. The first-order valence-electron chi connectivity index (χ1n) is 8.06. The van der Waals surface area contributed by atoms with E-state index in [4.69, 9.17) is 23.2 Å². The Labute approximate surface area is 184 Å². The molecular weight excluding hydrogens is 491 g/mol. The number of nitrogens with one attached hydrogen (secondary N) is 2. The second-order valence-electron chi connectivity index (χ2n) is 5.51. The summed E-state index contributed by atoms with van der Waals surface area (Å²) in [6.45, 7) is -0.163. The molecule has 0 aromatic rings. The van der Waals surface area contributed by atoms with Crippen LogP contribution >= 0.6 is 23.2 Å². The highest BCUT2D eigenvalue weighted by Gasteiger charge is 2.15. The molecule has 0 saturated carbocycles. The predicted molar refractivity (Wildman–Crippen MR) is 113 cm³/mol. The van der Waals surface area contributed by atoms with Crippen LogP contribution in [0.3, 0.4) is 0 Å². The Kier molecular flexibility index (Phi) is 16.2. The Bertz CT molecular complexity index is 763. The highest BCUT2D eigenvalue weighted by atomic mass is 35.5. The van der Waals surface area contributed by atoms with Crippen molar-refractivity contribution >= 4 is 54.9 Å². The Balaban J connectivity index is 0. The second-order valence-corrected chi connectivity index (χ2v) is 10.8. The first-order chi connectivity index (χ1) is 13.8. The molecular formula is C12H24Cl2N6O8S2. The fourth-order valence-electron chi connectivity index (χ4n) is 1.37. The predicted octanol–water partition coefficient (Wildman–Crippen LogP) is -0.0744. The minimum atomic E-state index is -3.23. The molecule has 18 heteroatoms. The van der Waals surface area contributed by atoms with Gasteiger partial charge in [-0.05, 0) is 0 Å². The van der Waals surface area contributed by atoms with E-state index >= 15 is 0 Å². The molecule has 4 amide bonds. The first kappa shape index (κ1) is 30.4. The van der Waals surface area contributed by atoms with Crippen LogP contribution in [0.5, 0.6) is 0 Å². The number of alkyl halides is 2. The van der Waals surface area contributed by atoms with Gasteiger partial charge in [-0.25, -0.2) is 26.4 Å². The molecule has 0 aromatic heterocycles. The molecule has 0 unspecified atom stereocenters. The van der Waals surface area contributed by atoms with Gasteiger partial charge in [0, 0.05) is 37.4 Å². The molecule has 176 valence electrons. The Hall–Kier alpha value is -1.78. The SMILES string of the molecule is CS(=O)(=O)CCN(N=O)C(=O)NCCCl.CS(=O)(=O)CCNC(=O)N(CCCl)N=O. The van der Waals surface area contributed by atoms with E-state index in [2.05, 4.69) is 21.2 Å². The summed E-state index contributed by atoms with van der Waals surface area (Å²) in [6, 6.07) is -1.51. The average Bonchev–Trinajstić information content (AvgIpc) is 2.63. The Morgan fingerprint density at radius 1 is 0.767 bits per heavy atom. The molecule has 0 aliphatic rings. The number of rotatable bonds is 12. The van der Waals surface area contributed by atoms with Gasteiger partial charge in [0.15, 0.2) is 0 Å². The zero-order chi connectivity index (χ0) is 23.8. The summed E-state index contributed by atoms with van der Waals surface area (Å²) in [5.41, 5.74) is 0. The van der Waals surface area contributed by atoms with Crippen molar-refractivity contribution in [3.05, 3.63) is 9.81 Å². The number of halogens is 2. The quantitative estimate of drug-likeness (QED) is 0.205. The molecule has 14 nitrogen and oxygen atoms in total. The molecule has 0 heterocycles. The number of hydrogen-bond acceptors (Lipinski definition) is 10. The third-order valence-electron chi connectivity index (χ3n) is 2.76. The summed E-state index contributed by atoms with van der Waals surface area (Å²) in [4.78, 5) is 42.6. The van der Waals surface area contributed by atoms with Gasteiger partial charge < -0.3 is 10.6 Å². The molecule has 0 aliphatic heterocycles. The van der Waals surface area contributed by atoms with E-state index in [1.54, 1.807) is 0 Å². The number of carbonyl (C=O) groups excluding carboxylic acids is 2. The minimum Gasteiger partial charge on any atom is -0.335 e. The number of urea groups is 2. The largest absolute Gasteiger partial charge is 0.340 e. The van der Waals surface area contributed by atoms with E-state index in [9.17, 15) is 36.2 Å². The fraction of sp³-hybridized carbons (Fsp3) is 0.833. The molecule has 0 aromatic carbocycles. The van der Waals surface area contributed by atoms with Crippen molar-refractivity contribution < 1.29 is 26.4 Å². The molecule has 0 aliphatic carbocycles. The summed E-state index contributed by atoms with van der Waals surface area (Å²) in [6.07, 6.45) is 2.06. The van der Waals surface area contributed by atoms with Gasteiger partial charge in [-0.3, -0.25) is 0 Å². The molecule has 0 fully saturated rings. The Morgan fingerprint density at radius 2 is 1.20 bits per heavy atom. The lowest BCUT2D eigenvalue weighted by atomic mass is 10.6. The average molecular weight is 515 g/mol. The summed E-state index contributed by atoms with van der Waals surface area (Å²) in [7, 11) is -6.36. The van der Waals surface area contributed by atoms with Gasteiger partial charge in [-0.2, -0.15) is 10.0 Å². The maximum Gasteiger partial charge on any atom is 0.340 e. The monoisotopic (exact) mass is 514 g/mol. The molecule has 0 atom stereocenters. The maximum absolute atomic E-state index is 11.1. The van der Waals surface area contributed by atoms with E-state index in [-0.39, 0.29) is 49.4 Å². The summed E-state index contributed by atoms with van der Waals surface area (Å²) in [5, 5.41) is 10.5. The standard InChI is InChI=1S/2C6H12ClN3O4S/c1-15(13,14)5-3-8-6(11)10(9-12)4-2-7;1-15(13,14)5-4-10(9-12)6(11)8-3-2-7/h2*2-5H2,1H3,(H,8,11). The molecule has 0 bridgehead atoms. The van der Waals surface area contributed by atoms with Gasteiger partial charge in [0.2, 0.25) is 0 Å². The van der Waals surface area contributed by atoms with Crippen molar-refractivity contribution in [1.29, 1.82) is 0 Å². The smallest absolute Gasteiger partial charge is 0.335 e. The van der Waals surface area contributed by atoms with E-state index in [0.29, 0.717) is 10.0 Å². The normalized spacial score (nSPS) is 10.8.